The summed E-state index contributed by atoms with van der Waals surface area (Å²) in [6, 6.07) is 5.93. The number of benzene rings is 1. The number of ketones is 1. The summed E-state index contributed by atoms with van der Waals surface area (Å²) in [5, 5.41) is 18.4. The Balaban J connectivity index is 3.27. The molecule has 0 radical (unpaired) electrons. The molecule has 0 unspecified atom stereocenters. The number of carbonyl (C=O) groups is 1. The van der Waals surface area contributed by atoms with Crippen molar-refractivity contribution in [3.8, 4) is 6.07 Å². The summed E-state index contributed by atoms with van der Waals surface area (Å²) >= 11 is 11.5. The van der Waals surface area contributed by atoms with Crippen molar-refractivity contribution in [1.29, 1.82) is 5.26 Å². The predicted octanol–water partition coefficient (Wildman–Crippen LogP) is 3.53. The number of rotatable bonds is 2. The minimum Gasteiger partial charge on any atom is -0.511 e. The van der Waals surface area contributed by atoms with Gasteiger partial charge in [0.15, 0.2) is 0 Å². The van der Waals surface area contributed by atoms with Crippen LogP contribution in [-0.4, -0.2) is 10.9 Å². The quantitative estimate of drug-likeness (QED) is 0.381. The van der Waals surface area contributed by atoms with Crippen molar-refractivity contribution < 1.29 is 9.90 Å². The summed E-state index contributed by atoms with van der Waals surface area (Å²) in [6.07, 6.45) is 0. The summed E-state index contributed by atoms with van der Waals surface area (Å²) in [5.74, 6) is -0.956. The fourth-order valence-corrected chi connectivity index (χ4v) is 1.60. The highest BCUT2D eigenvalue weighted by atomic mass is 35.5. The zero-order chi connectivity index (χ0) is 12.3. The first kappa shape index (κ1) is 12.6. The third-order valence-corrected chi connectivity index (χ3v) is 2.42. The molecular weight excluding hydrogens is 249 g/mol. The van der Waals surface area contributed by atoms with E-state index in [2.05, 4.69) is 0 Å². The van der Waals surface area contributed by atoms with Gasteiger partial charge in [0.1, 0.15) is 17.4 Å². The summed E-state index contributed by atoms with van der Waals surface area (Å²) in [6.45, 7) is 1.26. The van der Waals surface area contributed by atoms with Crippen molar-refractivity contribution in [2.75, 3.05) is 0 Å². The van der Waals surface area contributed by atoms with Gasteiger partial charge < -0.3 is 5.11 Å². The van der Waals surface area contributed by atoms with Crippen LogP contribution in [0, 0.1) is 11.3 Å². The van der Waals surface area contributed by atoms with Gasteiger partial charge in [0.05, 0.1) is 5.02 Å². The third-order valence-electron chi connectivity index (χ3n) is 1.88. The van der Waals surface area contributed by atoms with Gasteiger partial charge in [-0.2, -0.15) is 5.26 Å². The van der Waals surface area contributed by atoms with E-state index in [9.17, 15) is 4.79 Å². The van der Waals surface area contributed by atoms with Gasteiger partial charge in [-0.3, -0.25) is 4.79 Å². The van der Waals surface area contributed by atoms with Crippen LogP contribution < -0.4 is 0 Å². The molecule has 5 heteroatoms. The molecule has 1 N–H and O–H groups in total. The highest BCUT2D eigenvalue weighted by molar-refractivity contribution is 6.37. The van der Waals surface area contributed by atoms with Gasteiger partial charge in [-0.1, -0.05) is 23.2 Å². The van der Waals surface area contributed by atoms with E-state index in [0.717, 1.165) is 0 Å². The van der Waals surface area contributed by atoms with E-state index in [1.165, 1.54) is 25.1 Å². The van der Waals surface area contributed by atoms with Crippen molar-refractivity contribution >= 4 is 29.0 Å². The molecule has 0 spiro atoms. The average molecular weight is 256 g/mol. The van der Waals surface area contributed by atoms with Crippen molar-refractivity contribution in [1.82, 2.24) is 0 Å². The van der Waals surface area contributed by atoms with E-state index in [0.29, 0.717) is 5.02 Å². The minimum absolute atomic E-state index is 0.135. The van der Waals surface area contributed by atoms with E-state index >= 15 is 0 Å². The second-order valence-electron chi connectivity index (χ2n) is 3.03. The highest BCUT2D eigenvalue weighted by Crippen LogP contribution is 2.23. The molecule has 0 atom stereocenters. The van der Waals surface area contributed by atoms with Gasteiger partial charge in [-0.15, -0.1) is 0 Å². The van der Waals surface area contributed by atoms with Crippen LogP contribution in [0.3, 0.4) is 0 Å². The van der Waals surface area contributed by atoms with Crippen molar-refractivity contribution in [3.05, 3.63) is 45.1 Å². The maximum Gasteiger partial charge on any atom is 0.208 e. The topological polar surface area (TPSA) is 61.1 Å². The number of carbonyl (C=O) groups excluding carboxylic acids is 1. The zero-order valence-corrected chi connectivity index (χ0v) is 9.80. The fourth-order valence-electron chi connectivity index (χ4n) is 1.10. The lowest BCUT2D eigenvalue weighted by molar-refractivity contribution is 0.103. The molecule has 82 valence electrons. The molecule has 16 heavy (non-hydrogen) atoms. The largest absolute Gasteiger partial charge is 0.511 e. The Kier molecular flexibility index (Phi) is 3.94. The number of allylic oxidation sites excluding steroid dienone is 2. The van der Waals surface area contributed by atoms with Gasteiger partial charge in [0, 0.05) is 10.6 Å². The molecule has 0 aliphatic carbocycles. The first-order valence-corrected chi connectivity index (χ1v) is 5.02. The van der Waals surface area contributed by atoms with Crippen LogP contribution in [0.25, 0.3) is 0 Å². The van der Waals surface area contributed by atoms with E-state index in [4.69, 9.17) is 33.6 Å². The summed E-state index contributed by atoms with van der Waals surface area (Å²) < 4.78 is 0. The van der Waals surface area contributed by atoms with Crippen LogP contribution in [0.15, 0.2) is 29.5 Å². The number of hydrogen-bond acceptors (Lipinski definition) is 3. The van der Waals surface area contributed by atoms with Gasteiger partial charge in [0.2, 0.25) is 5.78 Å². The van der Waals surface area contributed by atoms with E-state index < -0.39 is 5.78 Å². The van der Waals surface area contributed by atoms with Gasteiger partial charge >= 0.3 is 0 Å². The van der Waals surface area contributed by atoms with Crippen LogP contribution >= 0.6 is 23.2 Å². The Morgan fingerprint density at radius 2 is 2.06 bits per heavy atom. The molecule has 0 fully saturated rings. The highest BCUT2D eigenvalue weighted by Gasteiger charge is 2.17. The summed E-state index contributed by atoms with van der Waals surface area (Å²) in [5.41, 5.74) is -0.194. The smallest absolute Gasteiger partial charge is 0.208 e. The molecule has 1 rings (SSSR count). The Labute approximate surface area is 103 Å². The molecule has 0 aliphatic heterocycles. The molecule has 0 amide bonds. The van der Waals surface area contributed by atoms with Gasteiger partial charge in [0.25, 0.3) is 0 Å². The third kappa shape index (κ3) is 2.54. The first-order valence-electron chi connectivity index (χ1n) is 4.27. The van der Waals surface area contributed by atoms with Crippen LogP contribution in [0.4, 0.5) is 0 Å². The summed E-state index contributed by atoms with van der Waals surface area (Å²) in [4.78, 5) is 11.8. The Hall–Kier alpha value is -1.50. The SMILES string of the molecule is C/C(O)=C(\C#N)C(=O)c1ccc(Cl)cc1Cl. The average Bonchev–Trinajstić information content (AvgIpc) is 2.17. The Bertz CT molecular complexity index is 511. The van der Waals surface area contributed by atoms with E-state index in [1.807, 2.05) is 0 Å². The molecule has 1 aromatic rings. The number of aliphatic hydroxyl groups excluding tert-OH is 1. The first-order chi connectivity index (χ1) is 7.47. The van der Waals surface area contributed by atoms with Crippen molar-refractivity contribution in [2.45, 2.75) is 6.92 Å². The van der Waals surface area contributed by atoms with Gasteiger partial charge in [-0.05, 0) is 25.1 Å². The van der Waals surface area contributed by atoms with Crippen LogP contribution in [0.1, 0.15) is 17.3 Å². The fraction of sp³-hybridized carbons (Fsp3) is 0.0909. The van der Waals surface area contributed by atoms with Crippen molar-refractivity contribution in [2.24, 2.45) is 0 Å². The number of halogens is 2. The molecule has 1 aromatic carbocycles. The lowest BCUT2D eigenvalue weighted by atomic mass is 10.0. The number of Topliss-reactive ketones (excluding diaryl/α,β-unsaturated/α-hetero) is 1. The molecular formula is C11H7Cl2NO2. The maximum atomic E-state index is 11.8. The standard InChI is InChI=1S/C11H7Cl2NO2/c1-6(15)9(5-14)11(16)8-3-2-7(12)4-10(8)13/h2-4,15H,1H3/b9-6-. The number of hydrogen-bond donors (Lipinski definition) is 1. The zero-order valence-electron chi connectivity index (χ0n) is 8.29. The maximum absolute atomic E-state index is 11.8. The molecule has 0 aromatic heterocycles. The minimum atomic E-state index is -0.621. The van der Waals surface area contributed by atoms with Crippen molar-refractivity contribution in [3.63, 3.8) is 0 Å². The number of nitriles is 1. The molecule has 0 heterocycles. The molecule has 0 aliphatic rings. The lowest BCUT2D eigenvalue weighted by Crippen LogP contribution is -2.05. The van der Waals surface area contributed by atoms with Gasteiger partial charge in [-0.25, -0.2) is 0 Å². The Morgan fingerprint density at radius 3 is 2.50 bits per heavy atom. The summed E-state index contributed by atoms with van der Waals surface area (Å²) in [7, 11) is 0. The molecule has 0 saturated carbocycles. The normalized spacial score (nSPS) is 11.6. The number of nitrogens with zero attached hydrogens (tertiary/aromatic N) is 1. The Morgan fingerprint density at radius 1 is 1.44 bits per heavy atom. The monoisotopic (exact) mass is 255 g/mol. The van der Waals surface area contributed by atoms with Crippen LogP contribution in [-0.2, 0) is 0 Å². The molecule has 0 bridgehead atoms. The number of aliphatic hydroxyl groups is 1. The molecule has 0 saturated heterocycles. The molecule has 3 nitrogen and oxygen atoms in total. The van der Waals surface area contributed by atoms with Crippen LogP contribution in [0.5, 0.6) is 0 Å². The predicted molar refractivity (Wildman–Crippen MR) is 61.7 cm³/mol. The lowest BCUT2D eigenvalue weighted by Gasteiger charge is -2.03. The van der Waals surface area contributed by atoms with E-state index in [-0.39, 0.29) is 21.9 Å². The second kappa shape index (κ2) is 5.02. The second-order valence-corrected chi connectivity index (χ2v) is 3.87. The van der Waals surface area contributed by atoms with Crippen LogP contribution in [0.2, 0.25) is 10.0 Å². The van der Waals surface area contributed by atoms with E-state index in [1.54, 1.807) is 6.07 Å².